The van der Waals surface area contributed by atoms with Crippen LogP contribution in [0.3, 0.4) is 0 Å². The Bertz CT molecular complexity index is 231. The number of piperidine rings is 1. The van der Waals surface area contributed by atoms with E-state index in [1.807, 2.05) is 6.92 Å². The summed E-state index contributed by atoms with van der Waals surface area (Å²) in [5, 5.41) is 0. The molecule has 2 aliphatic rings. The van der Waals surface area contributed by atoms with E-state index in [0.717, 1.165) is 32.4 Å². The van der Waals surface area contributed by atoms with Crippen LogP contribution in [0.4, 0.5) is 0 Å². The van der Waals surface area contributed by atoms with Crippen molar-refractivity contribution in [3.8, 4) is 0 Å². The van der Waals surface area contributed by atoms with E-state index in [0.29, 0.717) is 6.42 Å². The number of carbonyl (C=O) groups is 1. The van der Waals surface area contributed by atoms with Crippen molar-refractivity contribution in [1.82, 2.24) is 4.90 Å². The largest absolute Gasteiger partial charge is 0.463 e. The van der Waals surface area contributed by atoms with Crippen LogP contribution < -0.4 is 0 Å². The summed E-state index contributed by atoms with van der Waals surface area (Å²) in [7, 11) is 2.15. The molecule has 2 fully saturated rings. The van der Waals surface area contributed by atoms with Gasteiger partial charge in [-0.15, -0.1) is 0 Å². The average molecular weight is 197 g/mol. The highest BCUT2D eigenvalue weighted by Crippen LogP contribution is 2.42. The fraction of sp³-hybridized carbons (Fsp3) is 0.909. The Balaban J connectivity index is 2.04. The molecular formula is C11H19NO2. The SMILES string of the molecule is CC1CC2(CCN(C)CC2)CC(=O)O1. The summed E-state index contributed by atoms with van der Waals surface area (Å²) in [5.41, 5.74) is 0.265. The van der Waals surface area contributed by atoms with E-state index in [9.17, 15) is 4.79 Å². The number of hydrogen-bond donors (Lipinski definition) is 0. The first-order valence-corrected chi connectivity index (χ1v) is 5.48. The molecule has 2 aliphatic heterocycles. The van der Waals surface area contributed by atoms with E-state index < -0.39 is 0 Å². The topological polar surface area (TPSA) is 29.5 Å². The average Bonchev–Trinajstić information content (AvgIpc) is 2.09. The van der Waals surface area contributed by atoms with Gasteiger partial charge in [-0.25, -0.2) is 0 Å². The molecule has 80 valence electrons. The maximum atomic E-state index is 11.4. The molecule has 2 rings (SSSR count). The van der Waals surface area contributed by atoms with Crippen LogP contribution >= 0.6 is 0 Å². The van der Waals surface area contributed by atoms with Crippen LogP contribution in [0.2, 0.25) is 0 Å². The zero-order valence-electron chi connectivity index (χ0n) is 9.08. The van der Waals surface area contributed by atoms with Gasteiger partial charge in [0.1, 0.15) is 0 Å². The first kappa shape index (κ1) is 9.97. The van der Waals surface area contributed by atoms with Gasteiger partial charge in [0.25, 0.3) is 0 Å². The molecule has 0 saturated carbocycles. The quantitative estimate of drug-likeness (QED) is 0.550. The summed E-state index contributed by atoms with van der Waals surface area (Å²) in [4.78, 5) is 13.7. The molecule has 0 aromatic carbocycles. The highest BCUT2D eigenvalue weighted by molar-refractivity contribution is 5.71. The van der Waals surface area contributed by atoms with E-state index in [1.54, 1.807) is 0 Å². The van der Waals surface area contributed by atoms with Crippen LogP contribution in [0, 0.1) is 5.41 Å². The Morgan fingerprint density at radius 3 is 2.64 bits per heavy atom. The molecule has 0 bridgehead atoms. The van der Waals surface area contributed by atoms with Crippen molar-refractivity contribution in [2.24, 2.45) is 5.41 Å². The Morgan fingerprint density at radius 2 is 2.07 bits per heavy atom. The van der Waals surface area contributed by atoms with Gasteiger partial charge < -0.3 is 9.64 Å². The second-order valence-corrected chi connectivity index (χ2v) is 4.98. The normalized spacial score (nSPS) is 33.0. The van der Waals surface area contributed by atoms with Gasteiger partial charge in [0.2, 0.25) is 0 Å². The fourth-order valence-corrected chi connectivity index (χ4v) is 2.77. The van der Waals surface area contributed by atoms with Crippen LogP contribution in [-0.4, -0.2) is 37.1 Å². The lowest BCUT2D eigenvalue weighted by Crippen LogP contribution is -2.44. The van der Waals surface area contributed by atoms with Gasteiger partial charge in [-0.05, 0) is 51.7 Å². The van der Waals surface area contributed by atoms with Crippen molar-refractivity contribution in [3.05, 3.63) is 0 Å². The number of nitrogens with zero attached hydrogens (tertiary/aromatic N) is 1. The number of carbonyl (C=O) groups excluding carboxylic acids is 1. The minimum absolute atomic E-state index is 0.00769. The summed E-state index contributed by atoms with van der Waals surface area (Å²) in [6.45, 7) is 4.26. The predicted octanol–water partition coefficient (Wildman–Crippen LogP) is 1.42. The number of esters is 1. The zero-order valence-corrected chi connectivity index (χ0v) is 9.08. The number of hydrogen-bond acceptors (Lipinski definition) is 3. The molecule has 0 amide bonds. The lowest BCUT2D eigenvalue weighted by Gasteiger charge is -2.44. The molecule has 1 atom stereocenters. The Kier molecular flexibility index (Phi) is 2.52. The van der Waals surface area contributed by atoms with Gasteiger partial charge in [0.05, 0.1) is 12.5 Å². The van der Waals surface area contributed by atoms with E-state index >= 15 is 0 Å². The van der Waals surface area contributed by atoms with Gasteiger partial charge in [-0.2, -0.15) is 0 Å². The molecule has 0 radical (unpaired) electrons. The molecule has 3 nitrogen and oxygen atoms in total. The van der Waals surface area contributed by atoms with Crippen molar-refractivity contribution < 1.29 is 9.53 Å². The smallest absolute Gasteiger partial charge is 0.306 e. The third kappa shape index (κ3) is 1.92. The Hall–Kier alpha value is -0.570. The van der Waals surface area contributed by atoms with Crippen molar-refractivity contribution in [3.63, 3.8) is 0 Å². The second kappa shape index (κ2) is 3.54. The van der Waals surface area contributed by atoms with Crippen LogP contribution in [0.1, 0.15) is 32.6 Å². The molecule has 0 aromatic rings. The summed E-state index contributed by atoms with van der Waals surface area (Å²) < 4.78 is 5.19. The van der Waals surface area contributed by atoms with E-state index in [-0.39, 0.29) is 17.5 Å². The molecule has 3 heteroatoms. The standard InChI is InChI=1S/C11H19NO2/c1-9-7-11(8-10(13)14-9)3-5-12(2)6-4-11/h9H,3-8H2,1-2H3. The number of rotatable bonds is 0. The monoisotopic (exact) mass is 197 g/mol. The van der Waals surface area contributed by atoms with Crippen LogP contribution in [0.15, 0.2) is 0 Å². The van der Waals surface area contributed by atoms with E-state index in [4.69, 9.17) is 4.74 Å². The summed E-state index contributed by atoms with van der Waals surface area (Å²) in [5.74, 6) is 0.00769. The lowest BCUT2D eigenvalue weighted by molar-refractivity contribution is -0.163. The zero-order chi connectivity index (χ0) is 10.2. The molecular weight excluding hydrogens is 178 g/mol. The molecule has 0 aromatic heterocycles. The Morgan fingerprint density at radius 1 is 1.43 bits per heavy atom. The van der Waals surface area contributed by atoms with Gasteiger partial charge >= 0.3 is 5.97 Å². The molecule has 0 aliphatic carbocycles. The van der Waals surface area contributed by atoms with Gasteiger partial charge in [-0.3, -0.25) is 4.79 Å². The maximum Gasteiger partial charge on any atom is 0.306 e. The summed E-state index contributed by atoms with van der Waals surface area (Å²) >= 11 is 0. The molecule has 1 spiro atoms. The van der Waals surface area contributed by atoms with Crippen LogP contribution in [0.25, 0.3) is 0 Å². The molecule has 1 unspecified atom stereocenters. The number of ether oxygens (including phenoxy) is 1. The number of cyclic esters (lactones) is 1. The lowest BCUT2D eigenvalue weighted by atomic mass is 9.71. The second-order valence-electron chi connectivity index (χ2n) is 4.98. The van der Waals surface area contributed by atoms with Crippen molar-refractivity contribution in [2.45, 2.75) is 38.7 Å². The fourth-order valence-electron chi connectivity index (χ4n) is 2.77. The van der Waals surface area contributed by atoms with Gasteiger partial charge in [-0.1, -0.05) is 0 Å². The third-order valence-electron chi connectivity index (χ3n) is 3.62. The van der Waals surface area contributed by atoms with Gasteiger partial charge in [0.15, 0.2) is 0 Å². The van der Waals surface area contributed by atoms with Crippen molar-refractivity contribution >= 4 is 5.97 Å². The molecule has 2 heterocycles. The maximum absolute atomic E-state index is 11.4. The molecule has 2 saturated heterocycles. The highest BCUT2D eigenvalue weighted by atomic mass is 16.5. The first-order chi connectivity index (χ1) is 6.60. The van der Waals surface area contributed by atoms with Crippen molar-refractivity contribution in [2.75, 3.05) is 20.1 Å². The summed E-state index contributed by atoms with van der Waals surface area (Å²) in [6.07, 6.45) is 4.14. The predicted molar refractivity (Wildman–Crippen MR) is 54.0 cm³/mol. The molecule has 14 heavy (non-hydrogen) atoms. The Labute approximate surface area is 85.4 Å². The minimum atomic E-state index is 0.00769. The van der Waals surface area contributed by atoms with E-state index in [1.165, 1.54) is 0 Å². The van der Waals surface area contributed by atoms with Gasteiger partial charge in [0, 0.05) is 0 Å². The number of likely N-dealkylation sites (tertiary alicyclic amines) is 1. The van der Waals surface area contributed by atoms with E-state index in [2.05, 4.69) is 11.9 Å². The van der Waals surface area contributed by atoms with Crippen molar-refractivity contribution in [1.29, 1.82) is 0 Å². The first-order valence-electron chi connectivity index (χ1n) is 5.48. The summed E-state index contributed by atoms with van der Waals surface area (Å²) in [6, 6.07) is 0. The van der Waals surface area contributed by atoms with Crippen LogP contribution in [0.5, 0.6) is 0 Å². The third-order valence-corrected chi connectivity index (χ3v) is 3.62. The van der Waals surface area contributed by atoms with Crippen LogP contribution in [-0.2, 0) is 9.53 Å². The molecule has 0 N–H and O–H groups in total. The highest BCUT2D eigenvalue weighted by Gasteiger charge is 2.41. The minimum Gasteiger partial charge on any atom is -0.463 e.